The van der Waals surface area contributed by atoms with E-state index in [1.807, 2.05) is 0 Å². The first-order valence-corrected chi connectivity index (χ1v) is 4.42. The standard InChI is InChI=1S/C8H21BN2/c1-6-7-8-9(10(2)3)11(4)5/h6-8H2,1-5H3. The fraction of sp³-hybridized carbons (Fsp3) is 1.00. The van der Waals surface area contributed by atoms with Gasteiger partial charge in [0, 0.05) is 0 Å². The van der Waals surface area contributed by atoms with Crippen molar-refractivity contribution in [2.24, 2.45) is 0 Å². The van der Waals surface area contributed by atoms with Crippen LogP contribution in [0.2, 0.25) is 6.32 Å². The second-order valence-corrected chi connectivity index (χ2v) is 3.55. The molecule has 11 heavy (non-hydrogen) atoms. The van der Waals surface area contributed by atoms with E-state index in [9.17, 15) is 0 Å². The summed E-state index contributed by atoms with van der Waals surface area (Å²) in [4.78, 5) is 4.55. The third-order valence-corrected chi connectivity index (χ3v) is 2.01. The molecule has 0 aromatic carbocycles. The highest BCUT2D eigenvalue weighted by molar-refractivity contribution is 6.52. The first-order valence-electron chi connectivity index (χ1n) is 4.42. The van der Waals surface area contributed by atoms with Crippen LogP contribution in [0.4, 0.5) is 0 Å². The number of unbranched alkanes of at least 4 members (excludes halogenated alkanes) is 1. The molecule has 0 spiro atoms. The van der Waals surface area contributed by atoms with Crippen molar-refractivity contribution < 1.29 is 0 Å². The zero-order valence-corrected chi connectivity index (χ0v) is 8.59. The van der Waals surface area contributed by atoms with Crippen LogP contribution in [-0.4, -0.2) is 44.8 Å². The average Bonchev–Trinajstić information content (AvgIpc) is 1.87. The predicted octanol–water partition coefficient (Wildman–Crippen LogP) is 1.40. The molecule has 0 aliphatic rings. The van der Waals surface area contributed by atoms with Gasteiger partial charge in [0.05, 0.1) is 0 Å². The van der Waals surface area contributed by atoms with E-state index < -0.39 is 0 Å². The highest BCUT2D eigenvalue weighted by Gasteiger charge is 2.18. The predicted molar refractivity (Wildman–Crippen MR) is 52.8 cm³/mol. The van der Waals surface area contributed by atoms with Gasteiger partial charge >= 0.3 is 6.98 Å². The molecular formula is C8H21BN2. The van der Waals surface area contributed by atoms with Gasteiger partial charge in [0.25, 0.3) is 0 Å². The van der Waals surface area contributed by atoms with Crippen LogP contribution in [0, 0.1) is 0 Å². The van der Waals surface area contributed by atoms with Crippen molar-refractivity contribution in [2.45, 2.75) is 26.1 Å². The monoisotopic (exact) mass is 156 g/mol. The van der Waals surface area contributed by atoms with E-state index in [4.69, 9.17) is 0 Å². The lowest BCUT2D eigenvalue weighted by molar-refractivity contribution is 0.509. The van der Waals surface area contributed by atoms with Gasteiger partial charge in [0.2, 0.25) is 0 Å². The van der Waals surface area contributed by atoms with E-state index in [1.54, 1.807) is 0 Å². The van der Waals surface area contributed by atoms with E-state index in [2.05, 4.69) is 44.7 Å². The summed E-state index contributed by atoms with van der Waals surface area (Å²) in [6, 6.07) is 0. The lowest BCUT2D eigenvalue weighted by Crippen LogP contribution is -2.45. The topological polar surface area (TPSA) is 6.48 Å². The van der Waals surface area contributed by atoms with Crippen LogP contribution in [0.1, 0.15) is 19.8 Å². The summed E-state index contributed by atoms with van der Waals surface area (Å²) in [5.41, 5.74) is 0. The molecule has 0 fully saturated rings. The largest absolute Gasteiger partial charge is 0.334 e. The number of rotatable bonds is 5. The molecule has 0 aromatic rings. The Morgan fingerprint density at radius 2 is 1.45 bits per heavy atom. The molecule has 0 aliphatic carbocycles. The molecule has 0 atom stereocenters. The van der Waals surface area contributed by atoms with Crippen LogP contribution in [0.15, 0.2) is 0 Å². The molecule has 0 bridgehead atoms. The highest BCUT2D eigenvalue weighted by Crippen LogP contribution is 2.04. The maximum atomic E-state index is 2.27. The molecule has 0 heterocycles. The number of hydrogen-bond acceptors (Lipinski definition) is 2. The fourth-order valence-electron chi connectivity index (χ4n) is 1.36. The Labute approximate surface area is 71.7 Å². The second kappa shape index (κ2) is 5.61. The Balaban J connectivity index is 3.70. The van der Waals surface area contributed by atoms with Gasteiger partial charge in [-0.3, -0.25) is 0 Å². The van der Waals surface area contributed by atoms with Crippen LogP contribution in [0.5, 0.6) is 0 Å². The third kappa shape index (κ3) is 4.43. The van der Waals surface area contributed by atoms with Crippen LogP contribution >= 0.6 is 0 Å². The molecule has 0 saturated carbocycles. The van der Waals surface area contributed by atoms with Gasteiger partial charge in [0.15, 0.2) is 0 Å². The fourth-order valence-corrected chi connectivity index (χ4v) is 1.36. The third-order valence-electron chi connectivity index (χ3n) is 2.01. The van der Waals surface area contributed by atoms with Crippen LogP contribution < -0.4 is 0 Å². The first kappa shape index (κ1) is 11.0. The average molecular weight is 156 g/mol. The summed E-state index contributed by atoms with van der Waals surface area (Å²) < 4.78 is 0. The first-order chi connectivity index (χ1) is 5.09. The minimum absolute atomic E-state index is 0.606. The van der Waals surface area contributed by atoms with Crippen molar-refractivity contribution in [3.63, 3.8) is 0 Å². The minimum Gasteiger partial charge on any atom is -0.334 e. The quantitative estimate of drug-likeness (QED) is 0.555. The molecule has 0 aromatic heterocycles. The summed E-state index contributed by atoms with van der Waals surface area (Å²) in [5.74, 6) is 0. The number of nitrogens with zero attached hydrogens (tertiary/aromatic N) is 2. The summed E-state index contributed by atoms with van der Waals surface area (Å²) in [6.07, 6.45) is 3.88. The summed E-state index contributed by atoms with van der Waals surface area (Å²) >= 11 is 0. The molecule has 3 heteroatoms. The zero-order chi connectivity index (χ0) is 8.85. The van der Waals surface area contributed by atoms with E-state index in [-0.39, 0.29) is 0 Å². The molecule has 0 radical (unpaired) electrons. The minimum atomic E-state index is 0.606. The van der Waals surface area contributed by atoms with Gasteiger partial charge < -0.3 is 9.62 Å². The summed E-state index contributed by atoms with van der Waals surface area (Å²) in [5, 5.41) is 0. The second-order valence-electron chi connectivity index (χ2n) is 3.55. The molecule has 0 unspecified atom stereocenters. The Morgan fingerprint density at radius 3 is 1.73 bits per heavy atom. The van der Waals surface area contributed by atoms with Gasteiger partial charge in [-0.15, -0.1) is 0 Å². The van der Waals surface area contributed by atoms with Crippen LogP contribution in [0.25, 0.3) is 0 Å². The van der Waals surface area contributed by atoms with Crippen molar-refractivity contribution in [2.75, 3.05) is 28.2 Å². The molecule has 66 valence electrons. The molecular weight excluding hydrogens is 135 g/mol. The maximum Gasteiger partial charge on any atom is 0.309 e. The SMILES string of the molecule is CCCCB(N(C)C)N(C)C. The summed E-state index contributed by atoms with van der Waals surface area (Å²) in [6.45, 7) is 2.84. The molecule has 2 nitrogen and oxygen atoms in total. The lowest BCUT2D eigenvalue weighted by Gasteiger charge is -2.26. The molecule has 0 N–H and O–H groups in total. The van der Waals surface area contributed by atoms with Gasteiger partial charge in [-0.2, -0.15) is 0 Å². The van der Waals surface area contributed by atoms with Crippen molar-refractivity contribution in [1.29, 1.82) is 0 Å². The van der Waals surface area contributed by atoms with Gasteiger partial charge in [-0.1, -0.05) is 19.8 Å². The Kier molecular flexibility index (Phi) is 5.60. The number of hydrogen-bond donors (Lipinski definition) is 0. The van der Waals surface area contributed by atoms with E-state index in [1.165, 1.54) is 19.2 Å². The molecule has 0 rings (SSSR count). The summed E-state index contributed by atoms with van der Waals surface area (Å²) in [7, 11) is 8.56. The van der Waals surface area contributed by atoms with Crippen molar-refractivity contribution in [3.05, 3.63) is 0 Å². The van der Waals surface area contributed by atoms with Gasteiger partial charge in [0.1, 0.15) is 0 Å². The zero-order valence-electron chi connectivity index (χ0n) is 8.59. The normalized spacial score (nSPS) is 11.2. The van der Waals surface area contributed by atoms with E-state index >= 15 is 0 Å². The van der Waals surface area contributed by atoms with Gasteiger partial charge in [-0.25, -0.2) is 0 Å². The van der Waals surface area contributed by atoms with Crippen molar-refractivity contribution in [3.8, 4) is 0 Å². The highest BCUT2D eigenvalue weighted by atomic mass is 15.2. The van der Waals surface area contributed by atoms with E-state index in [0.29, 0.717) is 6.98 Å². The molecule has 0 aliphatic heterocycles. The van der Waals surface area contributed by atoms with E-state index in [0.717, 1.165) is 0 Å². The smallest absolute Gasteiger partial charge is 0.309 e. The lowest BCUT2D eigenvalue weighted by atomic mass is 9.68. The Bertz CT molecular complexity index is 86.1. The maximum absolute atomic E-state index is 2.27. The van der Waals surface area contributed by atoms with Gasteiger partial charge in [-0.05, 0) is 34.5 Å². The molecule has 0 saturated heterocycles. The van der Waals surface area contributed by atoms with Crippen molar-refractivity contribution in [1.82, 2.24) is 9.62 Å². The van der Waals surface area contributed by atoms with Crippen LogP contribution in [0.3, 0.4) is 0 Å². The molecule has 0 amide bonds. The Morgan fingerprint density at radius 1 is 1.00 bits per heavy atom. The van der Waals surface area contributed by atoms with Crippen molar-refractivity contribution >= 4 is 6.98 Å². The Hall–Kier alpha value is -0.0151. The van der Waals surface area contributed by atoms with Crippen LogP contribution in [-0.2, 0) is 0 Å².